The van der Waals surface area contributed by atoms with Gasteiger partial charge in [-0.15, -0.1) is 23.1 Å². The zero-order valence-electron chi connectivity index (χ0n) is 27.5. The number of non-ortho nitro benzene ring substituents is 1. The molecule has 13 nitrogen and oxygen atoms in total. The normalized spacial score (nSPS) is 10.9. The van der Waals surface area contributed by atoms with Crippen LogP contribution < -0.4 is 30.2 Å². The van der Waals surface area contributed by atoms with Crippen molar-refractivity contribution in [1.82, 2.24) is 10.3 Å². The molecule has 0 saturated heterocycles. The number of ether oxygens (including phenoxy) is 3. The van der Waals surface area contributed by atoms with Gasteiger partial charge >= 0.3 is 0 Å². The van der Waals surface area contributed by atoms with Crippen LogP contribution in [0.25, 0.3) is 17.3 Å². The van der Waals surface area contributed by atoms with Crippen molar-refractivity contribution in [3.63, 3.8) is 0 Å². The summed E-state index contributed by atoms with van der Waals surface area (Å²) in [6.45, 7) is 0. The van der Waals surface area contributed by atoms with Crippen LogP contribution in [0.4, 0.5) is 16.5 Å². The highest BCUT2D eigenvalue weighted by atomic mass is 32.2. The maximum Gasteiger partial charge on any atom is 0.272 e. The Morgan fingerprint density at radius 3 is 2.29 bits per heavy atom. The summed E-state index contributed by atoms with van der Waals surface area (Å²) in [6.07, 6.45) is 1.49. The summed E-state index contributed by atoms with van der Waals surface area (Å²) in [6, 6.07) is 24.8. The molecule has 1 heterocycles. The quantitative estimate of drug-likeness (QED) is 0.0474. The SMILES string of the molecule is COc1cc(/C=C(/NC(=O)c2ccccc2)C(=O)Nc2cccc(SCC(=O)Nc3nc(-c4cccc([N+](=O)[O-])c4)cs3)c2)cc(OC)c1OC. The summed E-state index contributed by atoms with van der Waals surface area (Å²) in [5, 5.41) is 21.5. The van der Waals surface area contributed by atoms with E-state index in [1.165, 1.54) is 62.6 Å². The lowest BCUT2D eigenvalue weighted by atomic mass is 10.1. The van der Waals surface area contributed by atoms with E-state index in [2.05, 4.69) is 20.9 Å². The van der Waals surface area contributed by atoms with E-state index in [0.717, 1.165) is 0 Å². The Bertz CT molecular complexity index is 2080. The first-order valence-corrected chi connectivity index (χ1v) is 17.0. The molecule has 1 aromatic heterocycles. The summed E-state index contributed by atoms with van der Waals surface area (Å²) < 4.78 is 16.3. The van der Waals surface area contributed by atoms with Crippen LogP contribution in [-0.4, -0.2) is 54.7 Å². The van der Waals surface area contributed by atoms with Gasteiger partial charge in [-0.25, -0.2) is 4.98 Å². The molecule has 0 spiro atoms. The van der Waals surface area contributed by atoms with Gasteiger partial charge in [0.1, 0.15) is 5.70 Å². The maximum absolute atomic E-state index is 13.7. The first kappa shape index (κ1) is 36.1. The number of nitro benzene ring substituents is 1. The predicted octanol–water partition coefficient (Wildman–Crippen LogP) is 6.88. The minimum atomic E-state index is -0.601. The van der Waals surface area contributed by atoms with Crippen LogP contribution in [0, 0.1) is 10.1 Å². The fraction of sp³-hybridized carbons (Fsp3) is 0.111. The summed E-state index contributed by atoms with van der Waals surface area (Å²) in [4.78, 5) is 55.3. The van der Waals surface area contributed by atoms with Gasteiger partial charge in [-0.05, 0) is 54.1 Å². The van der Waals surface area contributed by atoms with Gasteiger partial charge in [-0.2, -0.15) is 0 Å². The van der Waals surface area contributed by atoms with E-state index in [0.29, 0.717) is 55.3 Å². The highest BCUT2D eigenvalue weighted by molar-refractivity contribution is 8.00. The number of aromatic nitrogens is 1. The van der Waals surface area contributed by atoms with Crippen LogP contribution in [0.3, 0.4) is 0 Å². The lowest BCUT2D eigenvalue weighted by molar-refractivity contribution is -0.384. The summed E-state index contributed by atoms with van der Waals surface area (Å²) >= 11 is 2.45. The molecule has 260 valence electrons. The lowest BCUT2D eigenvalue weighted by Crippen LogP contribution is -2.30. The first-order valence-electron chi connectivity index (χ1n) is 15.1. The van der Waals surface area contributed by atoms with E-state index in [1.54, 1.807) is 84.2 Å². The molecule has 0 aliphatic heterocycles. The molecular weight excluding hydrogens is 695 g/mol. The molecule has 15 heteroatoms. The average Bonchev–Trinajstić information content (AvgIpc) is 3.62. The molecule has 0 unspecified atom stereocenters. The third kappa shape index (κ3) is 9.49. The molecule has 0 atom stereocenters. The average molecular weight is 726 g/mol. The minimum absolute atomic E-state index is 0.0442. The van der Waals surface area contributed by atoms with Crippen molar-refractivity contribution in [2.45, 2.75) is 4.90 Å². The highest BCUT2D eigenvalue weighted by Crippen LogP contribution is 2.39. The van der Waals surface area contributed by atoms with Crippen LogP contribution in [0.1, 0.15) is 15.9 Å². The third-order valence-electron chi connectivity index (χ3n) is 7.09. The van der Waals surface area contributed by atoms with E-state index in [4.69, 9.17) is 14.2 Å². The third-order valence-corrected chi connectivity index (χ3v) is 8.84. The molecule has 4 aromatic carbocycles. The van der Waals surface area contributed by atoms with Gasteiger partial charge in [0.25, 0.3) is 17.5 Å². The molecular formula is C36H31N5O8S2. The number of methoxy groups -OCH3 is 3. The number of nitro groups is 1. The van der Waals surface area contributed by atoms with Crippen molar-refractivity contribution >= 4 is 63.4 Å². The summed E-state index contributed by atoms with van der Waals surface area (Å²) in [5.41, 5.74) is 2.25. The van der Waals surface area contributed by atoms with E-state index in [9.17, 15) is 24.5 Å². The molecule has 0 aliphatic rings. The van der Waals surface area contributed by atoms with Gasteiger partial charge in [0.05, 0.1) is 37.7 Å². The van der Waals surface area contributed by atoms with E-state index >= 15 is 0 Å². The maximum atomic E-state index is 13.7. The van der Waals surface area contributed by atoms with Crippen molar-refractivity contribution in [3.05, 3.63) is 123 Å². The molecule has 0 aliphatic carbocycles. The number of carbonyl (C=O) groups excluding carboxylic acids is 3. The molecule has 51 heavy (non-hydrogen) atoms. The number of anilines is 2. The fourth-order valence-corrected chi connectivity index (χ4v) is 6.19. The molecule has 0 bridgehead atoms. The van der Waals surface area contributed by atoms with E-state index in [-0.39, 0.29) is 23.0 Å². The number of nitrogens with one attached hydrogen (secondary N) is 3. The van der Waals surface area contributed by atoms with E-state index in [1.807, 2.05) is 0 Å². The largest absolute Gasteiger partial charge is 0.493 e. The van der Waals surface area contributed by atoms with Gasteiger partial charge in [0, 0.05) is 39.2 Å². The summed E-state index contributed by atoms with van der Waals surface area (Å²) in [7, 11) is 4.43. The topological polar surface area (TPSA) is 171 Å². The first-order chi connectivity index (χ1) is 24.7. The van der Waals surface area contributed by atoms with Crippen molar-refractivity contribution in [1.29, 1.82) is 0 Å². The Morgan fingerprint density at radius 2 is 1.61 bits per heavy atom. The number of carbonyl (C=O) groups is 3. The molecule has 5 rings (SSSR count). The molecule has 0 radical (unpaired) electrons. The Morgan fingerprint density at radius 1 is 0.882 bits per heavy atom. The van der Waals surface area contributed by atoms with Gasteiger partial charge in [-0.3, -0.25) is 24.5 Å². The molecule has 3 amide bonds. The smallest absolute Gasteiger partial charge is 0.272 e. The fourth-order valence-electron chi connectivity index (χ4n) is 4.70. The number of hydrogen-bond donors (Lipinski definition) is 3. The lowest BCUT2D eigenvalue weighted by Gasteiger charge is -2.15. The van der Waals surface area contributed by atoms with Gasteiger partial charge < -0.3 is 30.2 Å². The standard InChI is InChI=1S/C36H31N5O8S2/c1-47-30-16-22(17-31(48-2)33(30)49-3)15-28(38-34(43)23-9-5-4-6-10-23)35(44)37-25-12-8-14-27(19-25)50-21-32(42)40-36-39-29(20-51-36)24-11-7-13-26(18-24)41(45)46/h4-20H,21H2,1-3H3,(H,37,44)(H,38,43)(H,39,40,42)/b28-15+. The number of thiazole rings is 1. The minimum Gasteiger partial charge on any atom is -0.493 e. The zero-order chi connectivity index (χ0) is 36.3. The molecule has 0 saturated carbocycles. The Hall–Kier alpha value is -6.19. The monoisotopic (exact) mass is 725 g/mol. The molecule has 3 N–H and O–H groups in total. The van der Waals surface area contributed by atoms with Crippen molar-refractivity contribution < 1.29 is 33.5 Å². The molecule has 0 fully saturated rings. The van der Waals surface area contributed by atoms with Crippen molar-refractivity contribution in [2.75, 3.05) is 37.7 Å². The predicted molar refractivity (Wildman–Crippen MR) is 197 cm³/mol. The number of thioether (sulfide) groups is 1. The van der Waals surface area contributed by atoms with Crippen LogP contribution in [-0.2, 0) is 9.59 Å². The van der Waals surface area contributed by atoms with Crippen LogP contribution in [0.5, 0.6) is 17.2 Å². The van der Waals surface area contributed by atoms with E-state index < -0.39 is 16.7 Å². The van der Waals surface area contributed by atoms with Crippen molar-refractivity contribution in [3.8, 4) is 28.5 Å². The summed E-state index contributed by atoms with van der Waals surface area (Å²) in [5.74, 6) is -0.256. The van der Waals surface area contributed by atoms with Crippen LogP contribution in [0.2, 0.25) is 0 Å². The Kier molecular flexibility index (Phi) is 12.0. The number of rotatable bonds is 14. The second-order valence-electron chi connectivity index (χ2n) is 10.5. The van der Waals surface area contributed by atoms with Crippen molar-refractivity contribution in [2.24, 2.45) is 0 Å². The number of amides is 3. The second-order valence-corrected chi connectivity index (χ2v) is 12.4. The van der Waals surface area contributed by atoms with Gasteiger partial charge in [-0.1, -0.05) is 36.4 Å². The Labute approximate surface area is 300 Å². The number of nitrogens with zero attached hydrogens (tertiary/aromatic N) is 2. The number of benzene rings is 4. The zero-order valence-corrected chi connectivity index (χ0v) is 29.1. The Balaban J connectivity index is 1.28. The number of hydrogen-bond acceptors (Lipinski definition) is 11. The van der Waals surface area contributed by atoms with Gasteiger partial charge in [0.2, 0.25) is 11.7 Å². The highest BCUT2D eigenvalue weighted by Gasteiger charge is 2.18. The molecule has 5 aromatic rings. The van der Waals surface area contributed by atoms with Gasteiger partial charge in [0.15, 0.2) is 16.6 Å². The van der Waals surface area contributed by atoms with Crippen LogP contribution >= 0.6 is 23.1 Å². The van der Waals surface area contributed by atoms with Crippen LogP contribution in [0.15, 0.2) is 107 Å². The second kappa shape index (κ2) is 17.0.